The van der Waals surface area contributed by atoms with Gasteiger partial charge in [-0.15, -0.1) is 0 Å². The molecular weight excluding hydrogens is 376 g/mol. The molecule has 0 saturated heterocycles. The molecule has 0 bridgehead atoms. The van der Waals surface area contributed by atoms with Crippen molar-refractivity contribution in [3.8, 4) is 11.5 Å². The molecule has 8 heteroatoms. The van der Waals surface area contributed by atoms with Gasteiger partial charge in [-0.05, 0) is 44.8 Å². The summed E-state index contributed by atoms with van der Waals surface area (Å²) in [6.45, 7) is 0.466. The van der Waals surface area contributed by atoms with Gasteiger partial charge in [0.15, 0.2) is 0 Å². The molecule has 0 aliphatic carbocycles. The summed E-state index contributed by atoms with van der Waals surface area (Å²) in [5, 5.41) is 0.163. The first-order valence-corrected chi connectivity index (χ1v) is 9.96. The smallest absolute Gasteiger partial charge is 0.263 e. The lowest BCUT2D eigenvalue weighted by atomic mass is 10.00. The number of likely N-dealkylation sites (N-methyl/N-ethyl adjacent to an activating group) is 1. The number of fused-ring (bicyclic) bond motifs is 1. The maximum absolute atomic E-state index is 12.7. The number of methoxy groups -OCH3 is 1. The summed E-state index contributed by atoms with van der Waals surface area (Å²) in [5.41, 5.74) is 1.22. The highest BCUT2D eigenvalue weighted by Gasteiger charge is 2.28. The minimum absolute atomic E-state index is 0.0215. The normalized spacial score (nSPS) is 16.7. The second kappa shape index (κ2) is 7.34. The molecule has 3 rings (SSSR count). The van der Waals surface area contributed by atoms with E-state index in [4.69, 9.17) is 21.1 Å². The van der Waals surface area contributed by atoms with Gasteiger partial charge in [-0.1, -0.05) is 23.7 Å². The van der Waals surface area contributed by atoms with Gasteiger partial charge in [0.25, 0.3) is 10.0 Å². The molecule has 1 atom stereocenters. The molecule has 1 aliphatic heterocycles. The highest BCUT2D eigenvalue weighted by molar-refractivity contribution is 7.92. The van der Waals surface area contributed by atoms with Crippen molar-refractivity contribution in [1.29, 1.82) is 0 Å². The lowest BCUT2D eigenvalue weighted by molar-refractivity contribution is 0.164. The standard InChI is InChI=1S/C18H21ClN2O4S/c1-21(2)12-10-13-16(24-3)9-8-15(18(13)25-11-12)20-26(22,23)17-7-5-4-6-14(17)19/h4-9,12,20H,10-11H2,1-3H3/t12-/m1/s1. The van der Waals surface area contributed by atoms with Crippen LogP contribution in [0.3, 0.4) is 0 Å². The summed E-state index contributed by atoms with van der Waals surface area (Å²) in [7, 11) is 1.71. The van der Waals surface area contributed by atoms with E-state index >= 15 is 0 Å². The topological polar surface area (TPSA) is 67.9 Å². The van der Waals surface area contributed by atoms with E-state index in [-0.39, 0.29) is 16.0 Å². The van der Waals surface area contributed by atoms with Crippen LogP contribution in [0.1, 0.15) is 5.56 Å². The minimum Gasteiger partial charge on any atom is -0.496 e. The zero-order chi connectivity index (χ0) is 18.9. The van der Waals surface area contributed by atoms with Crippen molar-refractivity contribution in [3.63, 3.8) is 0 Å². The van der Waals surface area contributed by atoms with Crippen LogP contribution in [0.25, 0.3) is 0 Å². The summed E-state index contributed by atoms with van der Waals surface area (Å²) in [5.74, 6) is 1.17. The Bertz CT molecular complexity index is 915. The Labute approximate surface area is 158 Å². The number of nitrogens with one attached hydrogen (secondary N) is 1. The van der Waals surface area contributed by atoms with E-state index in [1.54, 1.807) is 31.4 Å². The maximum atomic E-state index is 12.7. The number of anilines is 1. The second-order valence-corrected chi connectivity index (χ2v) is 8.35. The van der Waals surface area contributed by atoms with Crippen LogP contribution >= 0.6 is 11.6 Å². The van der Waals surface area contributed by atoms with Gasteiger partial charge in [-0.25, -0.2) is 8.42 Å². The van der Waals surface area contributed by atoms with Gasteiger partial charge in [0.05, 0.1) is 17.8 Å². The fourth-order valence-electron chi connectivity index (χ4n) is 2.91. The minimum atomic E-state index is -3.84. The van der Waals surface area contributed by atoms with E-state index in [9.17, 15) is 8.42 Å². The van der Waals surface area contributed by atoms with Crippen molar-refractivity contribution in [2.75, 3.05) is 32.5 Å². The van der Waals surface area contributed by atoms with E-state index < -0.39 is 10.0 Å². The molecule has 0 fully saturated rings. The molecule has 6 nitrogen and oxygen atoms in total. The number of nitrogens with zero attached hydrogens (tertiary/aromatic N) is 1. The molecule has 140 valence electrons. The number of hydrogen-bond acceptors (Lipinski definition) is 5. The Morgan fingerprint density at radius 3 is 2.62 bits per heavy atom. The third-order valence-electron chi connectivity index (χ3n) is 4.40. The third kappa shape index (κ3) is 3.60. The van der Waals surface area contributed by atoms with E-state index in [1.165, 1.54) is 12.1 Å². The number of rotatable bonds is 5. The van der Waals surface area contributed by atoms with Gasteiger partial charge >= 0.3 is 0 Å². The van der Waals surface area contributed by atoms with Gasteiger partial charge in [0, 0.05) is 11.6 Å². The van der Waals surface area contributed by atoms with Crippen LogP contribution in [0.5, 0.6) is 11.5 Å². The van der Waals surface area contributed by atoms with E-state index in [0.29, 0.717) is 30.2 Å². The first-order valence-electron chi connectivity index (χ1n) is 8.10. The van der Waals surface area contributed by atoms with Crippen molar-refractivity contribution in [2.24, 2.45) is 0 Å². The van der Waals surface area contributed by atoms with Gasteiger partial charge < -0.3 is 14.4 Å². The average molecular weight is 397 g/mol. The van der Waals surface area contributed by atoms with Gasteiger partial charge in [-0.2, -0.15) is 0 Å². The van der Waals surface area contributed by atoms with Crippen LogP contribution < -0.4 is 14.2 Å². The summed E-state index contributed by atoms with van der Waals surface area (Å²) in [4.78, 5) is 2.09. The van der Waals surface area contributed by atoms with Crippen LogP contribution in [0, 0.1) is 0 Å². The predicted molar refractivity (Wildman–Crippen MR) is 102 cm³/mol. The monoisotopic (exact) mass is 396 g/mol. The van der Waals surface area contributed by atoms with Crippen LogP contribution in [0.15, 0.2) is 41.3 Å². The van der Waals surface area contributed by atoms with Crippen LogP contribution in [-0.4, -0.2) is 47.2 Å². The summed E-state index contributed by atoms with van der Waals surface area (Å²) in [6.07, 6.45) is 0.702. The average Bonchev–Trinajstić information content (AvgIpc) is 2.61. The quantitative estimate of drug-likeness (QED) is 0.841. The molecule has 1 N–H and O–H groups in total. The molecule has 1 heterocycles. The Morgan fingerprint density at radius 2 is 1.96 bits per heavy atom. The lowest BCUT2D eigenvalue weighted by Crippen LogP contribution is -2.38. The predicted octanol–water partition coefficient (Wildman–Crippen LogP) is 3.01. The number of sulfonamides is 1. The molecule has 0 amide bonds. The molecule has 0 aromatic heterocycles. The van der Waals surface area contributed by atoms with Crippen molar-refractivity contribution in [3.05, 3.63) is 47.0 Å². The molecule has 0 unspecified atom stereocenters. The van der Waals surface area contributed by atoms with Gasteiger partial charge in [0.1, 0.15) is 23.0 Å². The summed E-state index contributed by atoms with van der Waals surface area (Å²) in [6, 6.07) is 9.88. The number of ether oxygens (including phenoxy) is 2. The van der Waals surface area contributed by atoms with E-state index in [0.717, 1.165) is 5.56 Å². The lowest BCUT2D eigenvalue weighted by Gasteiger charge is -2.32. The highest BCUT2D eigenvalue weighted by atomic mass is 35.5. The van der Waals surface area contributed by atoms with Crippen molar-refractivity contribution < 1.29 is 17.9 Å². The van der Waals surface area contributed by atoms with E-state index in [2.05, 4.69) is 9.62 Å². The molecular formula is C18H21ClN2O4S. The first kappa shape index (κ1) is 18.8. The Morgan fingerprint density at radius 1 is 1.23 bits per heavy atom. The molecule has 0 spiro atoms. The molecule has 0 saturated carbocycles. The molecule has 26 heavy (non-hydrogen) atoms. The van der Waals surface area contributed by atoms with Gasteiger partial charge in [0.2, 0.25) is 0 Å². The number of hydrogen-bond donors (Lipinski definition) is 1. The van der Waals surface area contributed by atoms with E-state index in [1.807, 2.05) is 14.1 Å². The Kier molecular flexibility index (Phi) is 5.32. The molecule has 2 aromatic carbocycles. The fourth-order valence-corrected chi connectivity index (χ4v) is 4.49. The Hall–Kier alpha value is -1.96. The zero-order valence-corrected chi connectivity index (χ0v) is 16.4. The summed E-state index contributed by atoms with van der Waals surface area (Å²) < 4.78 is 39.4. The summed E-state index contributed by atoms with van der Waals surface area (Å²) >= 11 is 6.04. The largest absolute Gasteiger partial charge is 0.496 e. The highest BCUT2D eigenvalue weighted by Crippen LogP contribution is 2.41. The SMILES string of the molecule is COc1ccc(NS(=O)(=O)c2ccccc2Cl)c2c1C[C@@H](N(C)C)CO2. The van der Waals surface area contributed by atoms with Gasteiger partial charge in [-0.3, -0.25) is 4.72 Å². The fraction of sp³-hybridized carbons (Fsp3) is 0.333. The molecule has 0 radical (unpaired) electrons. The first-order chi connectivity index (χ1) is 12.3. The number of halogens is 1. The zero-order valence-electron chi connectivity index (χ0n) is 14.8. The van der Waals surface area contributed by atoms with Crippen molar-refractivity contribution in [2.45, 2.75) is 17.4 Å². The van der Waals surface area contributed by atoms with Crippen LogP contribution in [-0.2, 0) is 16.4 Å². The molecule has 1 aliphatic rings. The van der Waals surface area contributed by atoms with Crippen LogP contribution in [0.4, 0.5) is 5.69 Å². The maximum Gasteiger partial charge on any atom is 0.263 e. The second-order valence-electron chi connectivity index (χ2n) is 6.29. The third-order valence-corrected chi connectivity index (χ3v) is 6.26. The van der Waals surface area contributed by atoms with Crippen LogP contribution in [0.2, 0.25) is 5.02 Å². The van der Waals surface area contributed by atoms with Crippen molar-refractivity contribution >= 4 is 27.3 Å². The molecule has 2 aromatic rings. The number of benzene rings is 2. The Balaban J connectivity index is 2.00. The van der Waals surface area contributed by atoms with Crippen molar-refractivity contribution in [1.82, 2.24) is 4.90 Å².